The minimum Gasteiger partial charge on any atom is -0.313 e. The zero-order chi connectivity index (χ0) is 15.7. The van der Waals surface area contributed by atoms with E-state index in [-0.39, 0.29) is 0 Å². The maximum atomic E-state index is 12.3. The lowest BCUT2D eigenvalue weighted by Gasteiger charge is -2.10. The third-order valence-electron chi connectivity index (χ3n) is 2.93. The first-order valence-electron chi connectivity index (χ1n) is 6.99. The van der Waals surface area contributed by atoms with E-state index in [0.29, 0.717) is 22.5 Å². The SMILES string of the molecule is CCNCc1ccc(Br)c(S(=O)(=O)NCCCCSC)c1. The molecule has 0 heterocycles. The van der Waals surface area contributed by atoms with E-state index in [4.69, 9.17) is 0 Å². The first-order valence-corrected chi connectivity index (χ1v) is 10.7. The number of unbranched alkanes of at least 4 members (excludes halogenated alkanes) is 1. The zero-order valence-corrected chi connectivity index (χ0v) is 15.7. The number of benzene rings is 1. The molecule has 0 radical (unpaired) electrons. The molecule has 1 aromatic carbocycles. The Morgan fingerprint density at radius 1 is 1.29 bits per heavy atom. The van der Waals surface area contributed by atoms with Crippen molar-refractivity contribution in [2.75, 3.05) is 25.1 Å². The van der Waals surface area contributed by atoms with Gasteiger partial charge in [0, 0.05) is 17.6 Å². The molecule has 0 aliphatic rings. The molecule has 0 atom stereocenters. The van der Waals surface area contributed by atoms with Crippen LogP contribution in [0.4, 0.5) is 0 Å². The van der Waals surface area contributed by atoms with Gasteiger partial charge in [0.05, 0.1) is 4.90 Å². The van der Waals surface area contributed by atoms with Gasteiger partial charge < -0.3 is 5.32 Å². The summed E-state index contributed by atoms with van der Waals surface area (Å²) < 4.78 is 28.0. The molecule has 1 rings (SSSR count). The maximum Gasteiger partial charge on any atom is 0.241 e. The van der Waals surface area contributed by atoms with E-state index in [9.17, 15) is 8.42 Å². The van der Waals surface area contributed by atoms with Gasteiger partial charge in [0.1, 0.15) is 0 Å². The first kappa shape index (κ1) is 19.0. The van der Waals surface area contributed by atoms with Crippen LogP contribution >= 0.6 is 27.7 Å². The Morgan fingerprint density at radius 3 is 2.71 bits per heavy atom. The minimum absolute atomic E-state index is 0.308. The largest absolute Gasteiger partial charge is 0.313 e. The number of hydrogen-bond donors (Lipinski definition) is 2. The lowest BCUT2D eigenvalue weighted by Crippen LogP contribution is -2.25. The third-order valence-corrected chi connectivity index (χ3v) is 6.08. The minimum atomic E-state index is -3.46. The quantitative estimate of drug-likeness (QED) is 0.598. The number of sulfonamides is 1. The van der Waals surface area contributed by atoms with Gasteiger partial charge in [0.15, 0.2) is 0 Å². The maximum absolute atomic E-state index is 12.3. The highest BCUT2D eigenvalue weighted by Gasteiger charge is 2.17. The number of rotatable bonds is 10. The van der Waals surface area contributed by atoms with Crippen LogP contribution < -0.4 is 10.0 Å². The van der Waals surface area contributed by atoms with Gasteiger partial charge in [-0.25, -0.2) is 13.1 Å². The van der Waals surface area contributed by atoms with Crippen LogP contribution in [0, 0.1) is 0 Å². The molecule has 0 amide bonds. The van der Waals surface area contributed by atoms with Gasteiger partial charge >= 0.3 is 0 Å². The van der Waals surface area contributed by atoms with Crippen LogP contribution in [0.5, 0.6) is 0 Å². The van der Waals surface area contributed by atoms with E-state index in [1.54, 1.807) is 23.9 Å². The molecule has 120 valence electrons. The Hall–Kier alpha value is -0.0800. The first-order chi connectivity index (χ1) is 10.0. The highest BCUT2D eigenvalue weighted by molar-refractivity contribution is 9.10. The third kappa shape index (κ3) is 6.69. The van der Waals surface area contributed by atoms with Crippen LogP contribution in [-0.2, 0) is 16.6 Å². The van der Waals surface area contributed by atoms with E-state index in [2.05, 4.69) is 32.2 Å². The molecule has 0 aliphatic carbocycles. The predicted octanol–water partition coefficient (Wildman–Crippen LogP) is 2.98. The molecule has 7 heteroatoms. The van der Waals surface area contributed by atoms with Crippen LogP contribution in [0.25, 0.3) is 0 Å². The molecular formula is C14H23BrN2O2S2. The zero-order valence-electron chi connectivity index (χ0n) is 12.5. The van der Waals surface area contributed by atoms with Crippen LogP contribution in [-0.4, -0.2) is 33.5 Å². The lowest BCUT2D eigenvalue weighted by molar-refractivity contribution is 0.577. The van der Waals surface area contributed by atoms with Crippen molar-refractivity contribution in [3.63, 3.8) is 0 Å². The fraction of sp³-hybridized carbons (Fsp3) is 0.571. The van der Waals surface area contributed by atoms with Crippen LogP contribution in [0.15, 0.2) is 27.6 Å². The van der Waals surface area contributed by atoms with Crippen molar-refractivity contribution in [3.8, 4) is 0 Å². The Balaban J connectivity index is 2.72. The molecule has 1 aromatic rings. The van der Waals surface area contributed by atoms with Gasteiger partial charge in [-0.1, -0.05) is 13.0 Å². The van der Waals surface area contributed by atoms with Gasteiger partial charge in [-0.2, -0.15) is 11.8 Å². The van der Waals surface area contributed by atoms with Gasteiger partial charge in [-0.05, 0) is 65.0 Å². The molecule has 0 unspecified atom stereocenters. The van der Waals surface area contributed by atoms with Crippen molar-refractivity contribution < 1.29 is 8.42 Å². The summed E-state index contributed by atoms with van der Waals surface area (Å²) in [5.41, 5.74) is 0.961. The molecule has 0 fully saturated rings. The summed E-state index contributed by atoms with van der Waals surface area (Å²) in [6.07, 6.45) is 3.93. The van der Waals surface area contributed by atoms with Crippen LogP contribution in [0.1, 0.15) is 25.3 Å². The van der Waals surface area contributed by atoms with E-state index in [0.717, 1.165) is 30.7 Å². The van der Waals surface area contributed by atoms with Crippen LogP contribution in [0.3, 0.4) is 0 Å². The predicted molar refractivity (Wildman–Crippen MR) is 94.3 cm³/mol. The Morgan fingerprint density at radius 2 is 2.05 bits per heavy atom. The summed E-state index contributed by atoms with van der Waals surface area (Å²) in [4.78, 5) is 0.308. The highest BCUT2D eigenvalue weighted by atomic mass is 79.9. The smallest absolute Gasteiger partial charge is 0.241 e. The number of hydrogen-bond acceptors (Lipinski definition) is 4. The molecule has 0 saturated heterocycles. The van der Waals surface area contributed by atoms with E-state index in [1.807, 2.05) is 13.0 Å². The monoisotopic (exact) mass is 394 g/mol. The summed E-state index contributed by atoms with van der Waals surface area (Å²) in [6.45, 7) is 4.02. The van der Waals surface area contributed by atoms with Crippen molar-refractivity contribution in [2.45, 2.75) is 31.2 Å². The molecule has 0 bridgehead atoms. The second-order valence-corrected chi connectivity index (χ2v) is 8.22. The molecule has 0 aliphatic heterocycles. The average Bonchev–Trinajstić information content (AvgIpc) is 2.46. The standard InChI is InChI=1S/C14H23BrN2O2S2/c1-3-16-11-12-6-7-13(15)14(10-12)21(18,19)17-8-4-5-9-20-2/h6-7,10,16-17H,3-5,8-9,11H2,1-2H3. The van der Waals surface area contributed by atoms with E-state index in [1.165, 1.54) is 0 Å². The second-order valence-electron chi connectivity index (χ2n) is 4.64. The molecule has 0 saturated carbocycles. The Labute approximate surface area is 140 Å². The summed E-state index contributed by atoms with van der Waals surface area (Å²) in [5, 5.41) is 3.20. The Kier molecular flexibility index (Phi) is 8.89. The number of thioether (sulfide) groups is 1. The van der Waals surface area contributed by atoms with Gasteiger partial charge in [-0.3, -0.25) is 0 Å². The summed E-state index contributed by atoms with van der Waals surface area (Å²) in [6, 6.07) is 5.43. The van der Waals surface area contributed by atoms with Crippen molar-refractivity contribution >= 4 is 37.7 Å². The molecule has 4 nitrogen and oxygen atoms in total. The van der Waals surface area contributed by atoms with Gasteiger partial charge in [-0.15, -0.1) is 0 Å². The highest BCUT2D eigenvalue weighted by Crippen LogP contribution is 2.23. The van der Waals surface area contributed by atoms with Crippen molar-refractivity contribution in [2.24, 2.45) is 0 Å². The normalized spacial score (nSPS) is 11.8. The molecule has 0 aromatic heterocycles. The fourth-order valence-electron chi connectivity index (χ4n) is 1.79. The lowest BCUT2D eigenvalue weighted by atomic mass is 10.2. The molecular weight excluding hydrogens is 372 g/mol. The van der Waals surface area contributed by atoms with Gasteiger partial charge in [0.2, 0.25) is 10.0 Å². The van der Waals surface area contributed by atoms with Gasteiger partial charge in [0.25, 0.3) is 0 Å². The molecule has 21 heavy (non-hydrogen) atoms. The molecule has 0 spiro atoms. The topological polar surface area (TPSA) is 58.2 Å². The summed E-state index contributed by atoms with van der Waals surface area (Å²) in [7, 11) is -3.46. The fourth-order valence-corrected chi connectivity index (χ4v) is 4.37. The van der Waals surface area contributed by atoms with E-state index >= 15 is 0 Å². The van der Waals surface area contributed by atoms with E-state index < -0.39 is 10.0 Å². The van der Waals surface area contributed by atoms with Crippen molar-refractivity contribution in [1.82, 2.24) is 10.0 Å². The summed E-state index contributed by atoms with van der Waals surface area (Å²) >= 11 is 5.10. The Bertz CT molecular complexity index is 536. The van der Waals surface area contributed by atoms with Crippen molar-refractivity contribution in [1.29, 1.82) is 0 Å². The summed E-state index contributed by atoms with van der Waals surface area (Å²) in [5.74, 6) is 1.06. The average molecular weight is 395 g/mol. The number of nitrogens with one attached hydrogen (secondary N) is 2. The second kappa shape index (κ2) is 9.84. The molecule has 2 N–H and O–H groups in total. The van der Waals surface area contributed by atoms with Crippen molar-refractivity contribution in [3.05, 3.63) is 28.2 Å². The van der Waals surface area contributed by atoms with Crippen LogP contribution in [0.2, 0.25) is 0 Å². The number of halogens is 1.